The van der Waals surface area contributed by atoms with Crippen LogP contribution >= 0.6 is 11.3 Å². The van der Waals surface area contributed by atoms with Crippen molar-refractivity contribution in [2.45, 2.75) is 64.9 Å². The van der Waals surface area contributed by atoms with E-state index in [1.54, 1.807) is 20.8 Å². The summed E-state index contributed by atoms with van der Waals surface area (Å²) in [6.45, 7) is 12.8. The Morgan fingerprint density at radius 2 is 1.96 bits per heavy atom. The third kappa shape index (κ3) is 6.93. The van der Waals surface area contributed by atoms with E-state index in [4.69, 9.17) is 4.74 Å². The first-order valence-electron chi connectivity index (χ1n) is 7.44. The fourth-order valence-electron chi connectivity index (χ4n) is 1.54. The first-order valence-corrected chi connectivity index (χ1v) is 9.43. The minimum atomic E-state index is -1.40. The predicted octanol–water partition coefficient (Wildman–Crippen LogP) is 3.91. The second-order valence-electron chi connectivity index (χ2n) is 7.18. The highest BCUT2D eigenvalue weighted by atomic mass is 32.2. The van der Waals surface area contributed by atoms with Gasteiger partial charge in [-0.2, -0.15) is 0 Å². The van der Waals surface area contributed by atoms with Gasteiger partial charge < -0.3 is 14.6 Å². The minimum absolute atomic E-state index is 0.408. The second-order valence-corrected chi connectivity index (χ2v) is 10.0. The number of rotatable bonds is 4. The van der Waals surface area contributed by atoms with Crippen molar-refractivity contribution in [1.82, 2.24) is 5.32 Å². The Kier molecular flexibility index (Phi) is 6.68. The number of nitrogens with zero attached hydrogens (tertiary/aromatic N) is 1. The number of hydrogen-bond acceptors (Lipinski definition) is 5. The number of ether oxygens (including phenoxy) is 1. The maximum absolute atomic E-state index is 12.4. The first-order chi connectivity index (χ1) is 10.4. The number of carbonyl (C=O) groups excluding carboxylic acids is 1. The van der Waals surface area contributed by atoms with Gasteiger partial charge in [0.15, 0.2) is 0 Å². The van der Waals surface area contributed by atoms with Gasteiger partial charge in [0.2, 0.25) is 0 Å². The molecule has 5 nitrogen and oxygen atoms in total. The highest BCUT2D eigenvalue weighted by molar-refractivity contribution is 7.91. The summed E-state index contributed by atoms with van der Waals surface area (Å²) in [7, 11) is 0. The van der Waals surface area contributed by atoms with Crippen LogP contribution in [0.1, 0.15) is 53.3 Å². The molecular weight excluding hydrogens is 332 g/mol. The Balaban J connectivity index is 2.98. The van der Waals surface area contributed by atoms with Crippen LogP contribution in [0.15, 0.2) is 21.9 Å². The van der Waals surface area contributed by atoms with Crippen molar-refractivity contribution in [2.24, 2.45) is 4.40 Å². The monoisotopic (exact) mass is 358 g/mol. The molecule has 130 valence electrons. The van der Waals surface area contributed by atoms with Crippen molar-refractivity contribution in [3.05, 3.63) is 22.4 Å². The topological polar surface area (TPSA) is 73.8 Å². The predicted molar refractivity (Wildman–Crippen MR) is 97.6 cm³/mol. The van der Waals surface area contributed by atoms with E-state index in [-0.39, 0.29) is 0 Å². The quantitative estimate of drug-likeness (QED) is 0.655. The zero-order chi connectivity index (χ0) is 17.8. The summed E-state index contributed by atoms with van der Waals surface area (Å²) >= 11 is 0.0909. The molecule has 1 amide bonds. The van der Waals surface area contributed by atoms with Gasteiger partial charge in [0.1, 0.15) is 27.4 Å². The Labute approximate surface area is 145 Å². The van der Waals surface area contributed by atoms with Crippen LogP contribution in [0.25, 0.3) is 0 Å². The van der Waals surface area contributed by atoms with E-state index in [0.717, 1.165) is 4.88 Å². The molecule has 0 saturated heterocycles. The molecule has 0 aromatic carbocycles. The zero-order valence-corrected chi connectivity index (χ0v) is 16.4. The highest BCUT2D eigenvalue weighted by Gasteiger charge is 2.30. The normalized spacial score (nSPS) is 15.9. The van der Waals surface area contributed by atoms with Crippen LogP contribution in [0.2, 0.25) is 0 Å². The van der Waals surface area contributed by atoms with Crippen molar-refractivity contribution in [3.8, 4) is 0 Å². The van der Waals surface area contributed by atoms with E-state index in [0.29, 0.717) is 5.71 Å². The van der Waals surface area contributed by atoms with Gasteiger partial charge in [0.25, 0.3) is 0 Å². The lowest BCUT2D eigenvalue weighted by Crippen LogP contribution is -2.42. The Bertz CT molecular complexity index is 543. The van der Waals surface area contributed by atoms with Crippen LogP contribution in [0.3, 0.4) is 0 Å². The summed E-state index contributed by atoms with van der Waals surface area (Å²) in [6.07, 6.45) is -0.518. The number of carbonyl (C=O) groups is 1. The molecule has 2 atom stereocenters. The molecule has 0 aliphatic heterocycles. The summed E-state index contributed by atoms with van der Waals surface area (Å²) in [5.74, 6) is 0. The molecule has 0 bridgehead atoms. The molecule has 1 unspecified atom stereocenters. The van der Waals surface area contributed by atoms with E-state index in [1.165, 1.54) is 11.3 Å². The van der Waals surface area contributed by atoms with Crippen molar-refractivity contribution >= 4 is 34.5 Å². The van der Waals surface area contributed by atoms with Gasteiger partial charge in [0.05, 0.1) is 10.9 Å². The SMILES string of the molecule is C[C@H](NC(=O)OC(C)(C)C)/C(=N/[S+]([O-])C(C)(C)C)c1cccs1. The molecule has 1 rings (SSSR count). The van der Waals surface area contributed by atoms with Crippen molar-refractivity contribution in [1.29, 1.82) is 0 Å². The van der Waals surface area contributed by atoms with Gasteiger partial charge in [-0.1, -0.05) is 10.5 Å². The lowest BCUT2D eigenvalue weighted by atomic mass is 10.1. The lowest BCUT2D eigenvalue weighted by molar-refractivity contribution is 0.0521. The van der Waals surface area contributed by atoms with E-state index < -0.39 is 33.8 Å². The van der Waals surface area contributed by atoms with Crippen molar-refractivity contribution in [2.75, 3.05) is 0 Å². The van der Waals surface area contributed by atoms with E-state index in [9.17, 15) is 9.35 Å². The average molecular weight is 359 g/mol. The maximum atomic E-state index is 12.4. The third-order valence-corrected chi connectivity index (χ3v) is 4.92. The van der Waals surface area contributed by atoms with Crippen molar-refractivity contribution < 1.29 is 14.1 Å². The molecule has 0 saturated carbocycles. The van der Waals surface area contributed by atoms with E-state index in [1.807, 2.05) is 45.2 Å². The summed E-state index contributed by atoms with van der Waals surface area (Å²) < 4.78 is 21.5. The molecule has 7 heteroatoms. The molecule has 1 aromatic heterocycles. The van der Waals surface area contributed by atoms with Crippen molar-refractivity contribution in [3.63, 3.8) is 0 Å². The van der Waals surface area contributed by atoms with Gasteiger partial charge in [-0.05, 0) is 59.9 Å². The first kappa shape index (κ1) is 20.0. The molecule has 0 spiro atoms. The number of thiophene rings is 1. The van der Waals surface area contributed by atoms with Crippen LogP contribution in [0.4, 0.5) is 4.79 Å². The molecule has 1 heterocycles. The van der Waals surface area contributed by atoms with Crippen LogP contribution in [0.5, 0.6) is 0 Å². The average Bonchev–Trinajstić information content (AvgIpc) is 2.84. The lowest BCUT2D eigenvalue weighted by Gasteiger charge is -2.23. The summed E-state index contributed by atoms with van der Waals surface area (Å²) in [4.78, 5) is 12.8. The number of hydrogen-bond donors (Lipinski definition) is 1. The van der Waals surface area contributed by atoms with Crippen LogP contribution < -0.4 is 5.32 Å². The zero-order valence-electron chi connectivity index (χ0n) is 14.8. The molecule has 0 aliphatic rings. The van der Waals surface area contributed by atoms with E-state index >= 15 is 0 Å². The molecule has 1 N–H and O–H groups in total. The molecule has 0 radical (unpaired) electrons. The van der Waals surface area contributed by atoms with Crippen LogP contribution in [-0.4, -0.2) is 32.7 Å². The molecule has 0 fully saturated rings. The summed E-state index contributed by atoms with van der Waals surface area (Å²) in [5, 5.41) is 4.68. The van der Waals surface area contributed by atoms with Crippen LogP contribution in [-0.2, 0) is 16.1 Å². The number of amides is 1. The van der Waals surface area contributed by atoms with E-state index in [2.05, 4.69) is 9.71 Å². The number of nitrogens with one attached hydrogen (secondary N) is 1. The Morgan fingerprint density at radius 3 is 2.39 bits per heavy atom. The van der Waals surface area contributed by atoms with Crippen LogP contribution in [0, 0.1) is 0 Å². The molecule has 1 aromatic rings. The van der Waals surface area contributed by atoms with Gasteiger partial charge in [-0.3, -0.25) is 0 Å². The summed E-state index contributed by atoms with van der Waals surface area (Å²) in [6, 6.07) is 3.39. The smallest absolute Gasteiger partial charge is 0.408 e. The maximum Gasteiger partial charge on any atom is 0.408 e. The third-order valence-electron chi connectivity index (χ3n) is 2.62. The molecule has 0 aliphatic carbocycles. The minimum Gasteiger partial charge on any atom is -0.591 e. The molecule has 23 heavy (non-hydrogen) atoms. The summed E-state index contributed by atoms with van der Waals surface area (Å²) in [5.41, 5.74) is 0.0252. The second kappa shape index (κ2) is 7.68. The van der Waals surface area contributed by atoms with Gasteiger partial charge in [-0.25, -0.2) is 4.79 Å². The standard InChI is InChI=1S/C16H26N2O3S2/c1-11(17-14(19)21-15(2,3)4)13(12-9-8-10-22-12)18-23(20)16(5,6)7/h8-11H,1-7H3,(H,17,19)/b18-13-/t11-,23?/m0/s1. The number of alkyl carbamates (subject to hydrolysis) is 1. The fraction of sp³-hybridized carbons (Fsp3) is 0.625. The highest BCUT2D eigenvalue weighted by Crippen LogP contribution is 2.21. The van der Waals surface area contributed by atoms with Gasteiger partial charge in [0, 0.05) is 0 Å². The fourth-order valence-corrected chi connectivity index (χ4v) is 3.11. The largest absolute Gasteiger partial charge is 0.591 e. The Hall–Kier alpha value is -1.05. The van der Waals surface area contributed by atoms with Gasteiger partial charge in [-0.15, -0.1) is 11.3 Å². The Morgan fingerprint density at radius 1 is 1.35 bits per heavy atom. The molecular formula is C16H26N2O3S2. The van der Waals surface area contributed by atoms with Gasteiger partial charge >= 0.3 is 6.09 Å².